The molecule has 2 nitrogen and oxygen atoms in total. The van der Waals surface area contributed by atoms with Crippen molar-refractivity contribution in [3.05, 3.63) is 70.3 Å². The van der Waals surface area contributed by atoms with Crippen molar-refractivity contribution in [2.75, 3.05) is 0 Å². The van der Waals surface area contributed by atoms with Crippen LogP contribution in [0.4, 0.5) is 26.3 Å². The summed E-state index contributed by atoms with van der Waals surface area (Å²) in [6, 6.07) is -1.43. The molecule has 0 heterocycles. The Kier molecular flexibility index (Phi) is 4.43. The van der Waals surface area contributed by atoms with Gasteiger partial charge in [0, 0.05) is 11.1 Å². The van der Waals surface area contributed by atoms with Crippen molar-refractivity contribution >= 4 is 0 Å². The fourth-order valence-electron chi connectivity index (χ4n) is 2.06. The SMILES string of the molecule is NC(c1c(F)ccc(F)c1F)C(N)c1c(F)ccc(F)c1F. The van der Waals surface area contributed by atoms with Gasteiger partial charge < -0.3 is 11.5 Å². The molecule has 2 rings (SSSR count). The highest BCUT2D eigenvalue weighted by Gasteiger charge is 2.30. The highest BCUT2D eigenvalue weighted by Crippen LogP contribution is 2.32. The van der Waals surface area contributed by atoms with E-state index in [-0.39, 0.29) is 0 Å². The fraction of sp³-hybridized carbons (Fsp3) is 0.143. The van der Waals surface area contributed by atoms with Crippen molar-refractivity contribution in [2.24, 2.45) is 11.5 Å². The number of benzene rings is 2. The molecule has 0 aliphatic heterocycles. The van der Waals surface area contributed by atoms with Gasteiger partial charge in [0.15, 0.2) is 23.3 Å². The van der Waals surface area contributed by atoms with E-state index in [4.69, 9.17) is 11.5 Å². The molecule has 0 spiro atoms. The molecule has 0 aliphatic carbocycles. The minimum absolute atomic E-state index is 0.524. The molecule has 0 aromatic heterocycles. The van der Waals surface area contributed by atoms with Crippen LogP contribution >= 0.6 is 0 Å². The van der Waals surface area contributed by atoms with Crippen molar-refractivity contribution in [2.45, 2.75) is 12.1 Å². The van der Waals surface area contributed by atoms with E-state index in [1.54, 1.807) is 0 Å². The lowest BCUT2D eigenvalue weighted by Gasteiger charge is -2.22. The summed E-state index contributed by atoms with van der Waals surface area (Å²) in [5.74, 6) is -8.53. The summed E-state index contributed by atoms with van der Waals surface area (Å²) >= 11 is 0. The summed E-state index contributed by atoms with van der Waals surface area (Å²) in [4.78, 5) is 0. The van der Waals surface area contributed by atoms with Crippen molar-refractivity contribution in [1.29, 1.82) is 0 Å². The highest BCUT2D eigenvalue weighted by atomic mass is 19.2. The van der Waals surface area contributed by atoms with Gasteiger partial charge in [-0.15, -0.1) is 0 Å². The molecular formula is C14H10F6N2. The largest absolute Gasteiger partial charge is 0.322 e. The Hall–Kier alpha value is -2.06. The van der Waals surface area contributed by atoms with E-state index in [0.29, 0.717) is 24.3 Å². The zero-order valence-electron chi connectivity index (χ0n) is 10.9. The predicted octanol–water partition coefficient (Wildman–Crippen LogP) is 3.22. The molecule has 2 aromatic carbocycles. The first-order valence-electron chi connectivity index (χ1n) is 6.03. The summed E-state index contributed by atoms with van der Waals surface area (Å²) in [5, 5.41) is 0. The lowest BCUT2D eigenvalue weighted by atomic mass is 9.93. The number of nitrogens with two attached hydrogens (primary N) is 2. The first-order valence-corrected chi connectivity index (χ1v) is 6.03. The average Bonchev–Trinajstić information content (AvgIpc) is 2.47. The molecule has 0 amide bonds. The van der Waals surface area contributed by atoms with E-state index < -0.39 is 58.1 Å². The van der Waals surface area contributed by atoms with Crippen LogP contribution in [0.15, 0.2) is 24.3 Å². The van der Waals surface area contributed by atoms with E-state index >= 15 is 0 Å². The van der Waals surface area contributed by atoms with Gasteiger partial charge in [-0.2, -0.15) is 0 Å². The molecule has 2 unspecified atom stereocenters. The first-order chi connectivity index (χ1) is 10.3. The van der Waals surface area contributed by atoms with Crippen LogP contribution in [0, 0.1) is 34.9 Å². The second-order valence-electron chi connectivity index (χ2n) is 4.57. The molecule has 0 aliphatic rings. The van der Waals surface area contributed by atoms with Gasteiger partial charge in [-0.25, -0.2) is 26.3 Å². The monoisotopic (exact) mass is 320 g/mol. The van der Waals surface area contributed by atoms with Gasteiger partial charge in [-0.1, -0.05) is 0 Å². The van der Waals surface area contributed by atoms with E-state index in [0.717, 1.165) is 0 Å². The van der Waals surface area contributed by atoms with Gasteiger partial charge in [-0.05, 0) is 24.3 Å². The molecular weight excluding hydrogens is 310 g/mol. The van der Waals surface area contributed by atoms with Crippen molar-refractivity contribution in [3.63, 3.8) is 0 Å². The van der Waals surface area contributed by atoms with Crippen molar-refractivity contribution in [3.8, 4) is 0 Å². The maximum Gasteiger partial charge on any atom is 0.166 e. The van der Waals surface area contributed by atoms with Gasteiger partial charge >= 0.3 is 0 Å². The average molecular weight is 320 g/mol. The second-order valence-corrected chi connectivity index (χ2v) is 4.57. The zero-order chi connectivity index (χ0) is 16.6. The van der Waals surface area contributed by atoms with Crippen molar-refractivity contribution < 1.29 is 26.3 Å². The molecule has 0 fully saturated rings. The Morgan fingerprint density at radius 2 is 0.818 bits per heavy atom. The van der Waals surface area contributed by atoms with Crippen LogP contribution in [0.2, 0.25) is 0 Å². The zero-order valence-corrected chi connectivity index (χ0v) is 10.9. The quantitative estimate of drug-likeness (QED) is 0.674. The predicted molar refractivity (Wildman–Crippen MR) is 66.5 cm³/mol. The standard InChI is InChI=1S/C14H10F6N2/c15-5-1-3-7(17)11(19)9(5)13(21)14(22)10-6(16)2-4-8(18)12(10)20/h1-4,13-14H,21-22H2. The minimum Gasteiger partial charge on any atom is -0.322 e. The van der Waals surface area contributed by atoms with Gasteiger partial charge in [0.2, 0.25) is 0 Å². The Bertz CT molecular complexity index is 657. The van der Waals surface area contributed by atoms with Gasteiger partial charge in [-0.3, -0.25) is 0 Å². The highest BCUT2D eigenvalue weighted by molar-refractivity contribution is 5.31. The van der Waals surface area contributed by atoms with Gasteiger partial charge in [0.25, 0.3) is 0 Å². The van der Waals surface area contributed by atoms with Crippen molar-refractivity contribution in [1.82, 2.24) is 0 Å². The molecule has 22 heavy (non-hydrogen) atoms. The lowest BCUT2D eigenvalue weighted by Crippen LogP contribution is -2.30. The first kappa shape index (κ1) is 16.3. The number of halogens is 6. The number of rotatable bonds is 3. The molecule has 4 N–H and O–H groups in total. The van der Waals surface area contributed by atoms with E-state index in [2.05, 4.69) is 0 Å². The lowest BCUT2D eigenvalue weighted by molar-refractivity contribution is 0.418. The van der Waals surface area contributed by atoms with Gasteiger partial charge in [0.1, 0.15) is 11.6 Å². The smallest absolute Gasteiger partial charge is 0.166 e. The summed E-state index contributed by atoms with van der Waals surface area (Å²) in [6.45, 7) is 0. The topological polar surface area (TPSA) is 52.0 Å². The summed E-state index contributed by atoms with van der Waals surface area (Å²) in [5.41, 5.74) is 9.05. The number of hydrogen-bond donors (Lipinski definition) is 2. The van der Waals surface area contributed by atoms with Gasteiger partial charge in [0.05, 0.1) is 12.1 Å². The second kappa shape index (κ2) is 5.98. The molecule has 0 radical (unpaired) electrons. The molecule has 8 heteroatoms. The summed E-state index contributed by atoms with van der Waals surface area (Å²) in [7, 11) is 0. The third-order valence-electron chi connectivity index (χ3n) is 3.21. The van der Waals surface area contributed by atoms with Crippen LogP contribution in [0.25, 0.3) is 0 Å². The van der Waals surface area contributed by atoms with E-state index in [1.165, 1.54) is 0 Å². The minimum atomic E-state index is -1.83. The third kappa shape index (κ3) is 2.67. The third-order valence-corrected chi connectivity index (χ3v) is 3.21. The fourth-order valence-corrected chi connectivity index (χ4v) is 2.06. The maximum atomic E-state index is 13.7. The molecule has 118 valence electrons. The van der Waals surface area contributed by atoms with Crippen LogP contribution in [0.1, 0.15) is 23.2 Å². The Morgan fingerprint density at radius 3 is 1.14 bits per heavy atom. The maximum absolute atomic E-state index is 13.7. The van der Waals surface area contributed by atoms with Crippen LogP contribution in [-0.2, 0) is 0 Å². The van der Waals surface area contributed by atoms with E-state index in [1.807, 2.05) is 0 Å². The number of hydrogen-bond acceptors (Lipinski definition) is 2. The van der Waals surface area contributed by atoms with Crippen LogP contribution in [0.5, 0.6) is 0 Å². The van der Waals surface area contributed by atoms with Crippen LogP contribution in [0.3, 0.4) is 0 Å². The molecule has 2 aromatic rings. The Labute approximate surface area is 121 Å². The summed E-state index contributed by atoms with van der Waals surface area (Å²) in [6.07, 6.45) is 0. The summed E-state index contributed by atoms with van der Waals surface area (Å²) < 4.78 is 80.9. The Balaban J connectivity index is 2.54. The molecule has 2 atom stereocenters. The Morgan fingerprint density at radius 1 is 0.545 bits per heavy atom. The van der Waals surface area contributed by atoms with Crippen LogP contribution in [-0.4, -0.2) is 0 Å². The molecule has 0 saturated heterocycles. The normalized spacial score (nSPS) is 14.0. The molecule has 0 saturated carbocycles. The van der Waals surface area contributed by atoms with E-state index in [9.17, 15) is 26.3 Å². The van der Waals surface area contributed by atoms with Crippen LogP contribution < -0.4 is 11.5 Å². The molecule has 0 bridgehead atoms.